The van der Waals surface area contributed by atoms with Gasteiger partial charge in [-0.1, -0.05) is 12.1 Å². The third kappa shape index (κ3) is 3.72. The first-order valence-corrected chi connectivity index (χ1v) is 8.62. The van der Waals surface area contributed by atoms with Gasteiger partial charge in [0.25, 0.3) is 5.91 Å². The van der Waals surface area contributed by atoms with Crippen molar-refractivity contribution in [2.24, 2.45) is 0 Å². The Hall–Kier alpha value is -3.22. The van der Waals surface area contributed by atoms with Crippen molar-refractivity contribution in [1.82, 2.24) is 25.1 Å². The van der Waals surface area contributed by atoms with E-state index in [9.17, 15) is 4.79 Å². The van der Waals surface area contributed by atoms with Gasteiger partial charge in [0.1, 0.15) is 5.82 Å². The van der Waals surface area contributed by atoms with Gasteiger partial charge in [0.15, 0.2) is 5.82 Å². The van der Waals surface area contributed by atoms with Crippen LogP contribution in [0, 0.1) is 0 Å². The largest absolute Gasteiger partial charge is 0.354 e. The van der Waals surface area contributed by atoms with Crippen molar-refractivity contribution in [2.75, 3.05) is 11.9 Å². The minimum Gasteiger partial charge on any atom is -0.354 e. The summed E-state index contributed by atoms with van der Waals surface area (Å²) >= 11 is 0. The van der Waals surface area contributed by atoms with Crippen molar-refractivity contribution in [3.8, 4) is 5.82 Å². The Bertz CT molecular complexity index is 887. The summed E-state index contributed by atoms with van der Waals surface area (Å²) < 4.78 is 1.68. The van der Waals surface area contributed by atoms with Crippen LogP contribution in [0.15, 0.2) is 55.1 Å². The summed E-state index contributed by atoms with van der Waals surface area (Å²) in [5.74, 6) is 1.44. The molecule has 1 saturated carbocycles. The van der Waals surface area contributed by atoms with Crippen LogP contribution < -0.4 is 10.2 Å². The van der Waals surface area contributed by atoms with E-state index < -0.39 is 0 Å². The molecule has 0 radical (unpaired) electrons. The lowest BCUT2D eigenvalue weighted by Crippen LogP contribution is -2.25. The zero-order valence-corrected chi connectivity index (χ0v) is 14.5. The third-order valence-corrected chi connectivity index (χ3v) is 4.29. The molecule has 1 aliphatic rings. The van der Waals surface area contributed by atoms with E-state index in [1.165, 1.54) is 0 Å². The molecule has 2 aromatic heterocycles. The second kappa shape index (κ2) is 6.95. The SMILES string of the molecule is CN(Cc1ccc(C(=O)NC2CC2)cc1)c1cncc(-n2cccn2)n1. The number of amides is 1. The van der Waals surface area contributed by atoms with Crippen LogP contribution >= 0.6 is 0 Å². The second-order valence-electron chi connectivity index (χ2n) is 6.49. The first-order chi connectivity index (χ1) is 12.7. The number of hydrogen-bond donors (Lipinski definition) is 1. The molecule has 0 saturated heterocycles. The van der Waals surface area contributed by atoms with E-state index in [-0.39, 0.29) is 5.91 Å². The van der Waals surface area contributed by atoms with Gasteiger partial charge >= 0.3 is 0 Å². The van der Waals surface area contributed by atoms with Crippen LogP contribution in [0.5, 0.6) is 0 Å². The van der Waals surface area contributed by atoms with Crippen LogP contribution in [0.25, 0.3) is 5.82 Å². The monoisotopic (exact) mass is 348 g/mol. The van der Waals surface area contributed by atoms with Gasteiger partial charge in [-0.25, -0.2) is 9.67 Å². The zero-order valence-electron chi connectivity index (χ0n) is 14.5. The predicted octanol–water partition coefficient (Wildman–Crippen LogP) is 2.19. The predicted molar refractivity (Wildman–Crippen MR) is 98.2 cm³/mol. The molecule has 26 heavy (non-hydrogen) atoms. The van der Waals surface area contributed by atoms with E-state index >= 15 is 0 Å². The molecule has 3 aromatic rings. The van der Waals surface area contributed by atoms with Gasteiger partial charge in [-0.15, -0.1) is 0 Å². The summed E-state index contributed by atoms with van der Waals surface area (Å²) in [5.41, 5.74) is 1.80. The molecule has 0 spiro atoms. The van der Waals surface area contributed by atoms with E-state index in [1.54, 1.807) is 23.3 Å². The highest BCUT2D eigenvalue weighted by Crippen LogP contribution is 2.19. The van der Waals surface area contributed by atoms with E-state index in [4.69, 9.17) is 0 Å². The van der Waals surface area contributed by atoms with E-state index in [0.717, 1.165) is 24.2 Å². The Morgan fingerprint density at radius 2 is 2.08 bits per heavy atom. The van der Waals surface area contributed by atoms with Crippen LogP contribution in [0.1, 0.15) is 28.8 Å². The fourth-order valence-corrected chi connectivity index (χ4v) is 2.66. The van der Waals surface area contributed by atoms with Crippen molar-refractivity contribution in [3.63, 3.8) is 0 Å². The lowest BCUT2D eigenvalue weighted by molar-refractivity contribution is 0.0951. The topological polar surface area (TPSA) is 75.9 Å². The second-order valence-corrected chi connectivity index (χ2v) is 6.49. The summed E-state index contributed by atoms with van der Waals surface area (Å²) in [7, 11) is 1.96. The average molecular weight is 348 g/mol. The van der Waals surface area contributed by atoms with Crippen molar-refractivity contribution < 1.29 is 4.79 Å². The summed E-state index contributed by atoms with van der Waals surface area (Å²) in [6.07, 6.45) is 9.13. The van der Waals surface area contributed by atoms with Crippen LogP contribution in [0.2, 0.25) is 0 Å². The number of rotatable bonds is 6. The summed E-state index contributed by atoms with van der Waals surface area (Å²) in [6.45, 7) is 0.668. The minimum absolute atomic E-state index is 0.00481. The summed E-state index contributed by atoms with van der Waals surface area (Å²) in [5, 5.41) is 7.18. The van der Waals surface area contributed by atoms with Gasteiger partial charge in [-0.2, -0.15) is 5.10 Å². The third-order valence-electron chi connectivity index (χ3n) is 4.29. The fraction of sp³-hybridized carbons (Fsp3) is 0.263. The van der Waals surface area contributed by atoms with Crippen LogP contribution in [-0.4, -0.2) is 38.7 Å². The Kier molecular flexibility index (Phi) is 4.35. The lowest BCUT2D eigenvalue weighted by Gasteiger charge is -2.18. The molecule has 1 aromatic carbocycles. The average Bonchev–Trinajstić information content (AvgIpc) is 3.31. The highest BCUT2D eigenvalue weighted by atomic mass is 16.1. The van der Waals surface area contributed by atoms with E-state index in [1.807, 2.05) is 48.5 Å². The normalized spacial score (nSPS) is 13.4. The van der Waals surface area contributed by atoms with Gasteiger partial charge in [-0.05, 0) is 36.6 Å². The number of hydrogen-bond acceptors (Lipinski definition) is 5. The quantitative estimate of drug-likeness (QED) is 0.739. The van der Waals surface area contributed by atoms with Crippen molar-refractivity contribution in [1.29, 1.82) is 0 Å². The molecular formula is C19H20N6O. The van der Waals surface area contributed by atoms with Gasteiger partial charge in [0.2, 0.25) is 0 Å². The number of carbonyl (C=O) groups is 1. The highest BCUT2D eigenvalue weighted by molar-refractivity contribution is 5.94. The van der Waals surface area contributed by atoms with Crippen molar-refractivity contribution in [3.05, 3.63) is 66.2 Å². The molecule has 0 unspecified atom stereocenters. The van der Waals surface area contributed by atoms with E-state index in [0.29, 0.717) is 24.0 Å². The molecule has 7 heteroatoms. The summed E-state index contributed by atoms with van der Waals surface area (Å²) in [6, 6.07) is 9.90. The Morgan fingerprint density at radius 3 is 2.77 bits per heavy atom. The standard InChI is InChI=1S/C19H20N6O/c1-24(17-11-20-12-18(23-17)25-10-2-9-21-25)13-14-3-5-15(6-4-14)19(26)22-16-7-8-16/h2-6,9-12,16H,7-8,13H2,1H3,(H,22,26). The Morgan fingerprint density at radius 1 is 1.27 bits per heavy atom. The van der Waals surface area contributed by atoms with Gasteiger partial charge in [0, 0.05) is 37.6 Å². The lowest BCUT2D eigenvalue weighted by atomic mass is 10.1. The first-order valence-electron chi connectivity index (χ1n) is 8.62. The van der Waals surface area contributed by atoms with Gasteiger partial charge < -0.3 is 10.2 Å². The van der Waals surface area contributed by atoms with Crippen LogP contribution in [0.3, 0.4) is 0 Å². The number of nitrogens with one attached hydrogen (secondary N) is 1. The fourth-order valence-electron chi connectivity index (χ4n) is 2.66. The molecule has 1 aliphatic carbocycles. The van der Waals surface area contributed by atoms with Gasteiger partial charge in [-0.3, -0.25) is 9.78 Å². The number of benzene rings is 1. The molecule has 1 fully saturated rings. The maximum atomic E-state index is 12.1. The first kappa shape index (κ1) is 16.3. The molecule has 0 atom stereocenters. The number of anilines is 1. The molecule has 7 nitrogen and oxygen atoms in total. The summed E-state index contributed by atoms with van der Waals surface area (Å²) in [4.78, 5) is 22.9. The van der Waals surface area contributed by atoms with Crippen LogP contribution in [-0.2, 0) is 6.54 Å². The zero-order chi connectivity index (χ0) is 17.9. The number of carbonyl (C=O) groups excluding carboxylic acids is 1. The number of nitrogens with zero attached hydrogens (tertiary/aromatic N) is 5. The molecule has 4 rings (SSSR count). The molecule has 2 heterocycles. The van der Waals surface area contributed by atoms with Crippen LogP contribution in [0.4, 0.5) is 5.82 Å². The van der Waals surface area contributed by atoms with Crippen molar-refractivity contribution >= 4 is 11.7 Å². The van der Waals surface area contributed by atoms with E-state index in [2.05, 4.69) is 20.4 Å². The molecule has 1 N–H and O–H groups in total. The molecule has 132 valence electrons. The molecule has 1 amide bonds. The maximum absolute atomic E-state index is 12.1. The minimum atomic E-state index is 0.00481. The Balaban J connectivity index is 1.43. The maximum Gasteiger partial charge on any atom is 0.251 e. The smallest absolute Gasteiger partial charge is 0.251 e. The molecular weight excluding hydrogens is 328 g/mol. The molecule has 0 aliphatic heterocycles. The highest BCUT2D eigenvalue weighted by Gasteiger charge is 2.23. The van der Waals surface area contributed by atoms with Gasteiger partial charge in [0.05, 0.1) is 12.4 Å². The van der Waals surface area contributed by atoms with Crippen molar-refractivity contribution in [2.45, 2.75) is 25.4 Å². The Labute approximate surface area is 151 Å². The molecule has 0 bridgehead atoms. The number of aromatic nitrogens is 4.